The highest BCUT2D eigenvalue weighted by Gasteiger charge is 2.26. The Hall–Kier alpha value is -1.50. The largest absolute Gasteiger partial charge is 0.497 e. The van der Waals surface area contributed by atoms with Crippen molar-refractivity contribution in [3.63, 3.8) is 0 Å². The summed E-state index contributed by atoms with van der Waals surface area (Å²) in [6.45, 7) is 6.50. The Kier molecular flexibility index (Phi) is 8.48. The molecular weight excluding hydrogens is 342 g/mol. The standard InChI is InChI=1S/C18H29N3O3.ClH/c1-12(2)17(19)18(22)20-14-5-6-21(11-14)10-13-7-15(23-3)9-16(8-13)24-4;/h7-9,12,14,17H,5-6,10-11,19H2,1-4H3,(H,20,22);1H/t14?,17-;/m0./s1. The topological polar surface area (TPSA) is 76.8 Å². The number of nitrogens with two attached hydrogens (primary N) is 1. The molecule has 0 spiro atoms. The molecule has 0 bridgehead atoms. The molecule has 2 atom stereocenters. The van der Waals surface area contributed by atoms with E-state index in [-0.39, 0.29) is 30.3 Å². The lowest BCUT2D eigenvalue weighted by molar-refractivity contribution is -0.123. The molecule has 1 aliphatic rings. The quantitative estimate of drug-likeness (QED) is 0.764. The van der Waals surface area contributed by atoms with Crippen LogP contribution in [0.1, 0.15) is 25.8 Å². The summed E-state index contributed by atoms with van der Waals surface area (Å²) < 4.78 is 10.6. The number of hydrogen-bond acceptors (Lipinski definition) is 5. The van der Waals surface area contributed by atoms with Crippen molar-refractivity contribution >= 4 is 18.3 Å². The number of halogens is 1. The Labute approximate surface area is 156 Å². The van der Waals surface area contributed by atoms with Crippen molar-refractivity contribution in [1.82, 2.24) is 10.2 Å². The summed E-state index contributed by atoms with van der Waals surface area (Å²) in [4.78, 5) is 14.4. The minimum Gasteiger partial charge on any atom is -0.497 e. The van der Waals surface area contributed by atoms with E-state index in [1.165, 1.54) is 0 Å². The van der Waals surface area contributed by atoms with Crippen LogP contribution < -0.4 is 20.5 Å². The second-order valence-corrected chi connectivity index (χ2v) is 6.72. The number of hydrogen-bond donors (Lipinski definition) is 2. The lowest BCUT2D eigenvalue weighted by Gasteiger charge is -2.20. The smallest absolute Gasteiger partial charge is 0.237 e. The molecule has 25 heavy (non-hydrogen) atoms. The van der Waals surface area contributed by atoms with E-state index in [1.54, 1.807) is 14.2 Å². The van der Waals surface area contributed by atoms with Crippen LogP contribution in [-0.2, 0) is 11.3 Å². The third kappa shape index (κ3) is 6.06. The van der Waals surface area contributed by atoms with E-state index < -0.39 is 6.04 Å². The van der Waals surface area contributed by atoms with Gasteiger partial charge >= 0.3 is 0 Å². The monoisotopic (exact) mass is 371 g/mol. The molecule has 1 aromatic carbocycles. The third-order valence-corrected chi connectivity index (χ3v) is 4.46. The minimum atomic E-state index is -0.443. The maximum absolute atomic E-state index is 12.1. The average molecular weight is 372 g/mol. The first-order chi connectivity index (χ1) is 11.4. The number of carbonyl (C=O) groups excluding carboxylic acids is 1. The Morgan fingerprint density at radius 3 is 2.40 bits per heavy atom. The highest BCUT2D eigenvalue weighted by molar-refractivity contribution is 5.85. The van der Waals surface area contributed by atoms with Crippen LogP contribution in [0.2, 0.25) is 0 Å². The maximum atomic E-state index is 12.1. The molecule has 2 rings (SSSR count). The van der Waals surface area contributed by atoms with Crippen molar-refractivity contribution < 1.29 is 14.3 Å². The van der Waals surface area contributed by atoms with Crippen LogP contribution >= 0.6 is 12.4 Å². The molecule has 1 aliphatic heterocycles. The molecule has 1 aromatic rings. The van der Waals surface area contributed by atoms with Crippen LogP contribution in [0, 0.1) is 5.92 Å². The number of nitrogens with zero attached hydrogens (tertiary/aromatic N) is 1. The highest BCUT2D eigenvalue weighted by atomic mass is 35.5. The summed E-state index contributed by atoms with van der Waals surface area (Å²) in [6.07, 6.45) is 0.942. The van der Waals surface area contributed by atoms with E-state index in [1.807, 2.05) is 32.0 Å². The van der Waals surface area contributed by atoms with Gasteiger partial charge in [-0.1, -0.05) is 13.8 Å². The van der Waals surface area contributed by atoms with Crippen molar-refractivity contribution in [2.24, 2.45) is 11.7 Å². The van der Waals surface area contributed by atoms with Crippen LogP contribution in [0.3, 0.4) is 0 Å². The zero-order valence-electron chi connectivity index (χ0n) is 15.5. The second-order valence-electron chi connectivity index (χ2n) is 6.72. The number of likely N-dealkylation sites (tertiary alicyclic amines) is 1. The molecule has 0 radical (unpaired) electrons. The first-order valence-electron chi connectivity index (χ1n) is 8.43. The number of amides is 1. The highest BCUT2D eigenvalue weighted by Crippen LogP contribution is 2.24. The van der Waals surface area contributed by atoms with Crippen LogP contribution in [0.4, 0.5) is 0 Å². The van der Waals surface area contributed by atoms with Gasteiger partial charge < -0.3 is 20.5 Å². The van der Waals surface area contributed by atoms with E-state index in [9.17, 15) is 4.79 Å². The van der Waals surface area contributed by atoms with Gasteiger partial charge in [0.2, 0.25) is 5.91 Å². The molecule has 0 aliphatic carbocycles. The summed E-state index contributed by atoms with van der Waals surface area (Å²) in [7, 11) is 3.30. The van der Waals surface area contributed by atoms with Crippen molar-refractivity contribution in [2.45, 2.75) is 38.9 Å². The first kappa shape index (κ1) is 21.5. The van der Waals surface area contributed by atoms with E-state index in [2.05, 4.69) is 10.2 Å². The second kappa shape index (κ2) is 9.85. The fourth-order valence-corrected chi connectivity index (χ4v) is 2.91. The molecule has 1 amide bonds. The number of benzene rings is 1. The van der Waals surface area contributed by atoms with Gasteiger partial charge in [-0.2, -0.15) is 0 Å². The lowest BCUT2D eigenvalue weighted by atomic mass is 10.0. The first-order valence-corrected chi connectivity index (χ1v) is 8.43. The number of rotatable bonds is 7. The van der Waals surface area contributed by atoms with E-state index in [0.29, 0.717) is 0 Å². The summed E-state index contributed by atoms with van der Waals surface area (Å²) in [5, 5.41) is 3.07. The lowest BCUT2D eigenvalue weighted by Crippen LogP contribution is -2.48. The molecule has 1 fully saturated rings. The van der Waals surface area contributed by atoms with Gasteiger partial charge in [0.1, 0.15) is 11.5 Å². The zero-order chi connectivity index (χ0) is 17.7. The maximum Gasteiger partial charge on any atom is 0.237 e. The fourth-order valence-electron chi connectivity index (χ4n) is 2.91. The van der Waals surface area contributed by atoms with Crippen molar-refractivity contribution in [3.05, 3.63) is 23.8 Å². The van der Waals surface area contributed by atoms with Gasteiger partial charge in [-0.3, -0.25) is 9.69 Å². The van der Waals surface area contributed by atoms with Gasteiger partial charge in [0.15, 0.2) is 0 Å². The van der Waals surface area contributed by atoms with Crippen molar-refractivity contribution in [3.8, 4) is 11.5 Å². The molecule has 7 heteroatoms. The Morgan fingerprint density at radius 2 is 1.88 bits per heavy atom. The molecule has 0 saturated carbocycles. The molecule has 142 valence electrons. The molecular formula is C18H30ClN3O3. The Bertz CT molecular complexity index is 546. The molecule has 1 unspecified atom stereocenters. The van der Waals surface area contributed by atoms with Gasteiger partial charge in [0.05, 0.1) is 20.3 Å². The van der Waals surface area contributed by atoms with Gasteiger partial charge in [-0.15, -0.1) is 12.4 Å². The van der Waals surface area contributed by atoms with Crippen LogP contribution in [0.15, 0.2) is 18.2 Å². The van der Waals surface area contributed by atoms with Crippen molar-refractivity contribution in [2.75, 3.05) is 27.3 Å². The molecule has 1 heterocycles. The summed E-state index contributed by atoms with van der Waals surface area (Å²) >= 11 is 0. The summed E-state index contributed by atoms with van der Waals surface area (Å²) in [6, 6.07) is 5.62. The number of ether oxygens (including phenoxy) is 2. The predicted octanol–water partition coefficient (Wildman–Crippen LogP) is 1.80. The molecule has 1 saturated heterocycles. The predicted molar refractivity (Wildman–Crippen MR) is 101 cm³/mol. The van der Waals surface area contributed by atoms with Gasteiger partial charge in [0, 0.05) is 31.7 Å². The zero-order valence-corrected chi connectivity index (χ0v) is 16.3. The number of carbonyl (C=O) groups is 1. The third-order valence-electron chi connectivity index (χ3n) is 4.46. The van der Waals surface area contributed by atoms with Gasteiger partial charge in [0.25, 0.3) is 0 Å². The fraction of sp³-hybridized carbons (Fsp3) is 0.611. The SMILES string of the molecule is COc1cc(CN2CCC(NC(=O)[C@@H](N)C(C)C)C2)cc(OC)c1.Cl. The van der Waals surface area contributed by atoms with Crippen LogP contribution in [0.25, 0.3) is 0 Å². The Balaban J connectivity index is 0.00000312. The number of methoxy groups -OCH3 is 2. The number of nitrogens with one attached hydrogen (secondary N) is 1. The van der Waals surface area contributed by atoms with Crippen LogP contribution in [-0.4, -0.2) is 50.2 Å². The molecule has 0 aromatic heterocycles. The molecule has 3 N–H and O–H groups in total. The molecule has 6 nitrogen and oxygen atoms in total. The van der Waals surface area contributed by atoms with Gasteiger partial charge in [-0.05, 0) is 30.0 Å². The van der Waals surface area contributed by atoms with Crippen molar-refractivity contribution in [1.29, 1.82) is 0 Å². The average Bonchev–Trinajstić information content (AvgIpc) is 3.00. The normalized spacial score (nSPS) is 18.6. The summed E-state index contributed by atoms with van der Waals surface area (Å²) in [5.41, 5.74) is 7.04. The van der Waals surface area contributed by atoms with E-state index in [0.717, 1.165) is 43.1 Å². The van der Waals surface area contributed by atoms with E-state index >= 15 is 0 Å². The van der Waals surface area contributed by atoms with E-state index in [4.69, 9.17) is 15.2 Å². The Morgan fingerprint density at radius 1 is 1.28 bits per heavy atom. The minimum absolute atomic E-state index is 0. The van der Waals surface area contributed by atoms with Gasteiger partial charge in [-0.25, -0.2) is 0 Å². The summed E-state index contributed by atoms with van der Waals surface area (Å²) in [5.74, 6) is 1.67. The van der Waals surface area contributed by atoms with Crippen LogP contribution in [0.5, 0.6) is 11.5 Å².